The molecule has 0 aliphatic carbocycles. The number of aliphatic hydroxyl groups is 1. The molecule has 2 amide bonds. The minimum Gasteiger partial charge on any atom is -0.393 e. The third kappa shape index (κ3) is 6.71. The van der Waals surface area contributed by atoms with Crippen molar-refractivity contribution in [1.29, 1.82) is 0 Å². The Hall–Kier alpha value is -1.88. The van der Waals surface area contributed by atoms with Gasteiger partial charge in [-0.3, -0.25) is 9.59 Å². The molecule has 0 aliphatic rings. The summed E-state index contributed by atoms with van der Waals surface area (Å²) >= 11 is 0. The van der Waals surface area contributed by atoms with E-state index in [1.54, 1.807) is 19.1 Å². The third-order valence-electron chi connectivity index (χ3n) is 3.79. The number of hydrogen-bond acceptors (Lipinski definition) is 3. The van der Waals surface area contributed by atoms with Crippen LogP contribution in [0.2, 0.25) is 0 Å². The van der Waals surface area contributed by atoms with Crippen LogP contribution in [0.1, 0.15) is 53.5 Å². The second-order valence-electron chi connectivity index (χ2n) is 8.18. The number of anilines is 1. The van der Waals surface area contributed by atoms with E-state index in [2.05, 4.69) is 31.4 Å². The molecule has 1 atom stereocenters. The highest BCUT2D eigenvalue weighted by Gasteiger charge is 2.23. The van der Waals surface area contributed by atoms with Gasteiger partial charge in [0.05, 0.1) is 6.10 Å². The van der Waals surface area contributed by atoms with Gasteiger partial charge in [0.1, 0.15) is 0 Å². The second kappa shape index (κ2) is 7.79. The smallest absolute Gasteiger partial charge is 0.313 e. The van der Waals surface area contributed by atoms with Gasteiger partial charge >= 0.3 is 11.8 Å². The van der Waals surface area contributed by atoms with Crippen LogP contribution in [0.15, 0.2) is 24.3 Å². The summed E-state index contributed by atoms with van der Waals surface area (Å²) in [5, 5.41) is 14.7. The van der Waals surface area contributed by atoms with E-state index in [0.29, 0.717) is 18.7 Å². The lowest BCUT2D eigenvalue weighted by atomic mass is 9.87. The molecule has 24 heavy (non-hydrogen) atoms. The Morgan fingerprint density at radius 1 is 1.04 bits per heavy atom. The highest BCUT2D eigenvalue weighted by atomic mass is 16.3. The first-order valence-corrected chi connectivity index (χ1v) is 8.28. The van der Waals surface area contributed by atoms with E-state index in [1.807, 2.05) is 26.0 Å². The summed E-state index contributed by atoms with van der Waals surface area (Å²) in [6, 6.07) is 7.48. The van der Waals surface area contributed by atoms with Crippen LogP contribution in [0.5, 0.6) is 0 Å². The molecule has 1 aromatic rings. The largest absolute Gasteiger partial charge is 0.393 e. The fraction of sp³-hybridized carbons (Fsp3) is 0.579. The van der Waals surface area contributed by atoms with Crippen molar-refractivity contribution in [3.05, 3.63) is 29.8 Å². The van der Waals surface area contributed by atoms with Crippen molar-refractivity contribution in [3.8, 4) is 0 Å². The number of benzene rings is 1. The van der Waals surface area contributed by atoms with Crippen LogP contribution in [0.3, 0.4) is 0 Å². The van der Waals surface area contributed by atoms with E-state index < -0.39 is 17.9 Å². The fourth-order valence-corrected chi connectivity index (χ4v) is 2.51. The van der Waals surface area contributed by atoms with E-state index in [4.69, 9.17) is 0 Å². The first-order chi connectivity index (χ1) is 10.9. The summed E-state index contributed by atoms with van der Waals surface area (Å²) in [7, 11) is 0. The predicted molar refractivity (Wildman–Crippen MR) is 96.9 cm³/mol. The summed E-state index contributed by atoms with van der Waals surface area (Å²) in [6.45, 7) is 12.2. The summed E-state index contributed by atoms with van der Waals surface area (Å²) in [4.78, 5) is 23.9. The summed E-state index contributed by atoms with van der Waals surface area (Å²) in [5.74, 6) is -1.36. The standard InChI is InChI=1S/C19H30N2O3/c1-13(22)11-19(5,6)12-20-16(23)17(24)21-15-9-7-14(8-10-15)18(2,3)4/h7-10,13,22H,11-12H2,1-6H3,(H,20,23)(H,21,24). The topological polar surface area (TPSA) is 78.4 Å². The first kappa shape index (κ1) is 20.2. The van der Waals surface area contributed by atoms with E-state index in [-0.39, 0.29) is 10.8 Å². The van der Waals surface area contributed by atoms with Crippen LogP contribution in [-0.2, 0) is 15.0 Å². The van der Waals surface area contributed by atoms with Crippen molar-refractivity contribution in [1.82, 2.24) is 5.32 Å². The minimum atomic E-state index is -0.689. The molecule has 0 aromatic heterocycles. The average molecular weight is 334 g/mol. The maximum atomic E-state index is 12.0. The summed E-state index contributed by atoms with van der Waals surface area (Å²) in [5.41, 5.74) is 1.50. The molecule has 5 nitrogen and oxygen atoms in total. The molecule has 1 rings (SSSR count). The number of rotatable bonds is 5. The monoisotopic (exact) mass is 334 g/mol. The molecular formula is C19H30N2O3. The van der Waals surface area contributed by atoms with Crippen LogP contribution >= 0.6 is 0 Å². The maximum Gasteiger partial charge on any atom is 0.313 e. The number of carbonyl (C=O) groups excluding carboxylic acids is 2. The molecule has 0 saturated heterocycles. The highest BCUT2D eigenvalue weighted by molar-refractivity contribution is 6.39. The van der Waals surface area contributed by atoms with E-state index in [0.717, 1.165) is 5.56 Å². The molecule has 0 heterocycles. The molecule has 1 unspecified atom stereocenters. The zero-order valence-electron chi connectivity index (χ0n) is 15.6. The Kier molecular flexibility index (Phi) is 6.55. The molecule has 0 bridgehead atoms. The maximum absolute atomic E-state index is 12.0. The molecule has 134 valence electrons. The Labute approximate surface area is 144 Å². The van der Waals surface area contributed by atoms with Gasteiger partial charge in [-0.25, -0.2) is 0 Å². The molecule has 0 spiro atoms. The van der Waals surface area contributed by atoms with E-state index >= 15 is 0 Å². The van der Waals surface area contributed by atoms with Crippen molar-refractivity contribution in [3.63, 3.8) is 0 Å². The molecule has 0 saturated carbocycles. The molecule has 5 heteroatoms. The summed E-state index contributed by atoms with van der Waals surface area (Å²) < 4.78 is 0. The number of hydrogen-bond donors (Lipinski definition) is 3. The minimum absolute atomic E-state index is 0.0370. The lowest BCUT2D eigenvalue weighted by molar-refractivity contribution is -0.136. The zero-order valence-corrected chi connectivity index (χ0v) is 15.6. The van der Waals surface area contributed by atoms with Gasteiger partial charge in [-0.1, -0.05) is 46.8 Å². The molecule has 0 radical (unpaired) electrons. The van der Waals surface area contributed by atoms with Crippen LogP contribution in [0.4, 0.5) is 5.69 Å². The number of carbonyl (C=O) groups is 2. The normalized spacial score (nSPS) is 13.3. The lowest BCUT2D eigenvalue weighted by Crippen LogP contribution is -2.41. The predicted octanol–water partition coefficient (Wildman–Crippen LogP) is 2.84. The Bertz CT molecular complexity index is 569. The first-order valence-electron chi connectivity index (χ1n) is 8.28. The van der Waals surface area contributed by atoms with Crippen molar-refractivity contribution >= 4 is 17.5 Å². The Balaban J connectivity index is 2.57. The van der Waals surface area contributed by atoms with Gasteiger partial charge < -0.3 is 15.7 Å². The fourth-order valence-electron chi connectivity index (χ4n) is 2.51. The van der Waals surface area contributed by atoms with Crippen LogP contribution < -0.4 is 10.6 Å². The summed E-state index contributed by atoms with van der Waals surface area (Å²) in [6.07, 6.45) is 0.0930. The van der Waals surface area contributed by atoms with Crippen LogP contribution in [0.25, 0.3) is 0 Å². The van der Waals surface area contributed by atoms with Gasteiger partial charge in [-0.05, 0) is 41.9 Å². The molecule has 3 N–H and O–H groups in total. The van der Waals surface area contributed by atoms with Crippen molar-refractivity contribution in [2.75, 3.05) is 11.9 Å². The quantitative estimate of drug-likeness (QED) is 0.725. The SMILES string of the molecule is CC(O)CC(C)(C)CNC(=O)C(=O)Nc1ccc(C(C)(C)C)cc1. The van der Waals surface area contributed by atoms with Crippen molar-refractivity contribution in [2.24, 2.45) is 5.41 Å². The van der Waals surface area contributed by atoms with Gasteiger partial charge in [0.25, 0.3) is 0 Å². The van der Waals surface area contributed by atoms with Crippen LogP contribution in [0, 0.1) is 5.41 Å². The third-order valence-corrected chi connectivity index (χ3v) is 3.79. The van der Waals surface area contributed by atoms with E-state index in [1.165, 1.54) is 0 Å². The van der Waals surface area contributed by atoms with Crippen molar-refractivity contribution < 1.29 is 14.7 Å². The Morgan fingerprint density at radius 3 is 2.04 bits per heavy atom. The van der Waals surface area contributed by atoms with Gasteiger partial charge in [-0.15, -0.1) is 0 Å². The number of nitrogens with one attached hydrogen (secondary N) is 2. The van der Waals surface area contributed by atoms with Crippen LogP contribution in [-0.4, -0.2) is 29.6 Å². The molecule has 0 aliphatic heterocycles. The highest BCUT2D eigenvalue weighted by Crippen LogP contribution is 2.23. The van der Waals surface area contributed by atoms with Gasteiger partial charge in [0, 0.05) is 12.2 Å². The second-order valence-corrected chi connectivity index (χ2v) is 8.18. The van der Waals surface area contributed by atoms with Gasteiger partial charge in [0.15, 0.2) is 0 Å². The molecule has 1 aromatic carbocycles. The van der Waals surface area contributed by atoms with Gasteiger partial charge in [-0.2, -0.15) is 0 Å². The average Bonchev–Trinajstić information content (AvgIpc) is 2.43. The number of amides is 2. The zero-order chi connectivity index (χ0) is 18.5. The van der Waals surface area contributed by atoms with E-state index in [9.17, 15) is 14.7 Å². The molecular weight excluding hydrogens is 304 g/mol. The lowest BCUT2D eigenvalue weighted by Gasteiger charge is -2.26. The van der Waals surface area contributed by atoms with Gasteiger partial charge in [0.2, 0.25) is 0 Å². The Morgan fingerprint density at radius 2 is 1.58 bits per heavy atom. The van der Waals surface area contributed by atoms with Crippen molar-refractivity contribution in [2.45, 2.75) is 59.5 Å². The molecule has 0 fully saturated rings. The number of aliphatic hydroxyl groups excluding tert-OH is 1.